The fourth-order valence-electron chi connectivity index (χ4n) is 2.43. The zero-order valence-corrected chi connectivity index (χ0v) is 10.8. The Hall–Kier alpha value is -1.76. The first-order valence-electron chi connectivity index (χ1n) is 6.02. The molecule has 2 rings (SSSR count). The van der Waals surface area contributed by atoms with Crippen LogP contribution in [-0.2, 0) is 0 Å². The highest BCUT2D eigenvalue weighted by molar-refractivity contribution is 5.81. The summed E-state index contributed by atoms with van der Waals surface area (Å²) >= 11 is 0. The van der Waals surface area contributed by atoms with Gasteiger partial charge in [0.25, 0.3) is 0 Å². The van der Waals surface area contributed by atoms with Gasteiger partial charge in [0.1, 0.15) is 0 Å². The summed E-state index contributed by atoms with van der Waals surface area (Å²) in [5.41, 5.74) is 5.15. The molecule has 0 bridgehead atoms. The van der Waals surface area contributed by atoms with E-state index in [9.17, 15) is 0 Å². The molecule has 0 spiro atoms. The first kappa shape index (κ1) is 11.7. The molecular weight excluding hydrogens is 206 g/mol. The summed E-state index contributed by atoms with van der Waals surface area (Å²) < 4.78 is 0. The van der Waals surface area contributed by atoms with Crippen molar-refractivity contribution in [3.63, 3.8) is 0 Å². The van der Waals surface area contributed by atoms with E-state index >= 15 is 0 Å². The molecule has 0 N–H and O–H groups in total. The van der Waals surface area contributed by atoms with Crippen LogP contribution < -0.4 is 0 Å². The van der Waals surface area contributed by atoms with Crippen LogP contribution in [0, 0.1) is 0 Å². The lowest BCUT2D eigenvalue weighted by Gasteiger charge is -2.36. The number of rotatable bonds is 2. The van der Waals surface area contributed by atoms with Gasteiger partial charge in [0.2, 0.25) is 0 Å². The molecule has 0 aliphatic carbocycles. The lowest BCUT2D eigenvalue weighted by Crippen LogP contribution is -2.26. The number of allylic oxidation sites excluding steroid dienone is 4. The van der Waals surface area contributed by atoms with E-state index in [2.05, 4.69) is 61.9 Å². The van der Waals surface area contributed by atoms with Crippen molar-refractivity contribution >= 4 is 5.57 Å². The molecule has 1 atom stereocenters. The molecule has 88 valence electrons. The monoisotopic (exact) mass is 225 g/mol. The van der Waals surface area contributed by atoms with Gasteiger partial charge in [0.05, 0.1) is 6.04 Å². The lowest BCUT2D eigenvalue weighted by molar-refractivity contribution is 0.336. The number of hydrogen-bond acceptors (Lipinski definition) is 1. The van der Waals surface area contributed by atoms with Gasteiger partial charge in [-0.1, -0.05) is 43.0 Å². The maximum absolute atomic E-state index is 3.96. The third-order valence-electron chi connectivity index (χ3n) is 3.47. The molecule has 1 aromatic carbocycles. The Morgan fingerprint density at radius 1 is 1.29 bits per heavy atom. The topological polar surface area (TPSA) is 3.24 Å². The number of nitrogens with zero attached hydrogens (tertiary/aromatic N) is 1. The Labute approximate surface area is 104 Å². The molecule has 0 fully saturated rings. The van der Waals surface area contributed by atoms with E-state index < -0.39 is 0 Å². The van der Waals surface area contributed by atoms with Crippen molar-refractivity contribution in [3.05, 3.63) is 65.9 Å². The summed E-state index contributed by atoms with van der Waals surface area (Å²) in [7, 11) is 2.14. The van der Waals surface area contributed by atoms with Crippen LogP contribution >= 0.6 is 0 Å². The quantitative estimate of drug-likeness (QED) is 0.730. The van der Waals surface area contributed by atoms with Crippen LogP contribution in [-0.4, -0.2) is 11.9 Å². The highest BCUT2D eigenvalue weighted by atomic mass is 15.1. The lowest BCUT2D eigenvalue weighted by atomic mass is 9.89. The van der Waals surface area contributed by atoms with E-state index in [1.54, 1.807) is 0 Å². The molecule has 1 aliphatic rings. The van der Waals surface area contributed by atoms with E-state index in [-0.39, 0.29) is 0 Å². The van der Waals surface area contributed by atoms with E-state index in [1.807, 2.05) is 13.0 Å². The average Bonchev–Trinajstić information content (AvgIpc) is 2.36. The maximum atomic E-state index is 3.96. The standard InChI is InChI=1S/C16H19N/c1-5-9-16-13(6-2)15-11-8-7-10-14(15)12(3)17(16)4/h5-12H,2H2,1,3-4H3/b9-5-. The molecule has 1 aliphatic heterocycles. The predicted octanol–water partition coefficient (Wildman–Crippen LogP) is 4.17. The third kappa shape index (κ3) is 1.82. The highest BCUT2D eigenvalue weighted by Gasteiger charge is 2.24. The van der Waals surface area contributed by atoms with Gasteiger partial charge in [-0.25, -0.2) is 0 Å². The van der Waals surface area contributed by atoms with Gasteiger partial charge in [-0.05, 0) is 31.1 Å². The molecule has 1 heteroatoms. The largest absolute Gasteiger partial charge is 0.367 e. The summed E-state index contributed by atoms with van der Waals surface area (Å²) in [6.07, 6.45) is 6.19. The zero-order chi connectivity index (χ0) is 12.4. The number of hydrogen-bond donors (Lipinski definition) is 0. The average molecular weight is 225 g/mol. The summed E-state index contributed by atoms with van der Waals surface area (Å²) in [4.78, 5) is 2.30. The van der Waals surface area contributed by atoms with Crippen LogP contribution in [0.4, 0.5) is 0 Å². The van der Waals surface area contributed by atoms with Gasteiger partial charge in [0.15, 0.2) is 0 Å². The Bertz CT molecular complexity index is 494. The molecule has 0 amide bonds. The molecule has 1 aromatic rings. The molecule has 17 heavy (non-hydrogen) atoms. The molecular formula is C16H19N. The predicted molar refractivity (Wildman–Crippen MR) is 74.6 cm³/mol. The second kappa shape index (κ2) is 4.62. The number of fused-ring (bicyclic) bond motifs is 1. The summed E-state index contributed by atoms with van der Waals surface area (Å²) in [6.45, 7) is 8.24. The van der Waals surface area contributed by atoms with Crippen LogP contribution in [0.5, 0.6) is 0 Å². The van der Waals surface area contributed by atoms with Gasteiger partial charge in [-0.2, -0.15) is 0 Å². The number of likely N-dealkylation sites (N-methyl/N-ethyl adjacent to an activating group) is 1. The second-order valence-electron chi connectivity index (χ2n) is 4.38. The minimum absolute atomic E-state index is 0.404. The van der Waals surface area contributed by atoms with Crippen molar-refractivity contribution in [3.8, 4) is 0 Å². The van der Waals surface area contributed by atoms with Crippen molar-refractivity contribution in [1.29, 1.82) is 0 Å². The van der Waals surface area contributed by atoms with Crippen molar-refractivity contribution < 1.29 is 0 Å². The van der Waals surface area contributed by atoms with Crippen LogP contribution in [0.25, 0.3) is 5.57 Å². The first-order chi connectivity index (χ1) is 8.20. The van der Waals surface area contributed by atoms with E-state index in [1.165, 1.54) is 22.4 Å². The molecule has 0 saturated heterocycles. The van der Waals surface area contributed by atoms with Crippen LogP contribution in [0.2, 0.25) is 0 Å². The fourth-order valence-corrected chi connectivity index (χ4v) is 2.43. The minimum Gasteiger partial charge on any atom is -0.367 e. The van der Waals surface area contributed by atoms with Crippen molar-refractivity contribution in [2.45, 2.75) is 19.9 Å². The van der Waals surface area contributed by atoms with Crippen LogP contribution in [0.3, 0.4) is 0 Å². The molecule has 1 unspecified atom stereocenters. The maximum Gasteiger partial charge on any atom is 0.0517 e. The van der Waals surface area contributed by atoms with Gasteiger partial charge in [-0.15, -0.1) is 0 Å². The molecule has 0 radical (unpaired) electrons. The Kier molecular flexibility index (Phi) is 3.19. The van der Waals surface area contributed by atoms with Crippen LogP contribution in [0.15, 0.2) is 54.8 Å². The Morgan fingerprint density at radius 3 is 2.65 bits per heavy atom. The Balaban J connectivity index is 2.70. The number of benzene rings is 1. The second-order valence-corrected chi connectivity index (χ2v) is 4.38. The normalized spacial score (nSPS) is 19.7. The van der Waals surface area contributed by atoms with E-state index in [4.69, 9.17) is 0 Å². The van der Waals surface area contributed by atoms with E-state index in [0.29, 0.717) is 6.04 Å². The fraction of sp³-hybridized carbons (Fsp3) is 0.250. The van der Waals surface area contributed by atoms with Gasteiger partial charge >= 0.3 is 0 Å². The summed E-state index contributed by atoms with van der Waals surface area (Å²) in [5, 5.41) is 0. The van der Waals surface area contributed by atoms with Gasteiger partial charge < -0.3 is 4.90 Å². The van der Waals surface area contributed by atoms with Crippen molar-refractivity contribution in [2.24, 2.45) is 0 Å². The first-order valence-corrected chi connectivity index (χ1v) is 6.02. The molecule has 0 saturated carbocycles. The molecule has 0 aromatic heterocycles. The minimum atomic E-state index is 0.404. The van der Waals surface area contributed by atoms with E-state index in [0.717, 1.165) is 0 Å². The Morgan fingerprint density at radius 2 is 2.00 bits per heavy atom. The zero-order valence-electron chi connectivity index (χ0n) is 10.8. The highest BCUT2D eigenvalue weighted by Crippen LogP contribution is 2.38. The van der Waals surface area contributed by atoms with Crippen molar-refractivity contribution in [1.82, 2.24) is 4.90 Å². The van der Waals surface area contributed by atoms with Gasteiger partial charge in [-0.3, -0.25) is 0 Å². The summed E-state index contributed by atoms with van der Waals surface area (Å²) in [5.74, 6) is 0. The summed E-state index contributed by atoms with van der Waals surface area (Å²) in [6, 6.07) is 8.98. The molecule has 1 nitrogen and oxygen atoms in total. The van der Waals surface area contributed by atoms with Gasteiger partial charge in [0, 0.05) is 18.3 Å². The molecule has 1 heterocycles. The third-order valence-corrected chi connectivity index (χ3v) is 3.47. The SMILES string of the molecule is C=CC1=C(/C=C\C)N(C)C(C)c2ccccc21. The van der Waals surface area contributed by atoms with Crippen LogP contribution in [0.1, 0.15) is 31.0 Å². The van der Waals surface area contributed by atoms with Crippen molar-refractivity contribution in [2.75, 3.05) is 7.05 Å². The smallest absolute Gasteiger partial charge is 0.0517 e.